The number of hydrogen-bond donors (Lipinski definition) is 3. The third kappa shape index (κ3) is 8.86. The van der Waals surface area contributed by atoms with Gasteiger partial charge in [0.2, 0.25) is 0 Å². The summed E-state index contributed by atoms with van der Waals surface area (Å²) in [4.78, 5) is 22.3. The summed E-state index contributed by atoms with van der Waals surface area (Å²) in [7, 11) is 0. The van der Waals surface area contributed by atoms with Crippen molar-refractivity contribution in [3.8, 4) is 0 Å². The second-order valence-electron chi connectivity index (χ2n) is 5.62. The summed E-state index contributed by atoms with van der Waals surface area (Å²) >= 11 is 1.95. The Balaban J connectivity index is 2.06. The predicted molar refractivity (Wildman–Crippen MR) is 86.8 cm³/mol. The third-order valence-corrected chi connectivity index (χ3v) is 5.34. The molecule has 1 aliphatic rings. The Hall–Kier alpha value is -0.910. The van der Waals surface area contributed by atoms with Gasteiger partial charge in [-0.15, -0.1) is 0 Å². The van der Waals surface area contributed by atoms with Gasteiger partial charge in [-0.1, -0.05) is 19.8 Å². The highest BCUT2D eigenvalue weighted by Crippen LogP contribution is 2.24. The Labute approximate surface area is 131 Å². The zero-order chi connectivity index (χ0) is 15.5. The van der Waals surface area contributed by atoms with Crippen LogP contribution in [0.2, 0.25) is 0 Å². The van der Waals surface area contributed by atoms with Crippen LogP contribution in [-0.2, 0) is 4.79 Å². The number of nitrogens with one attached hydrogen (secondary N) is 2. The number of carboxylic acid groups (broad SMARTS) is 1. The fourth-order valence-corrected chi connectivity index (χ4v) is 3.75. The molecule has 0 aliphatic carbocycles. The second-order valence-corrected chi connectivity index (χ2v) is 7.03. The Morgan fingerprint density at radius 2 is 2.10 bits per heavy atom. The average Bonchev–Trinajstić information content (AvgIpc) is 2.49. The van der Waals surface area contributed by atoms with Gasteiger partial charge in [0.25, 0.3) is 0 Å². The van der Waals surface area contributed by atoms with Crippen LogP contribution < -0.4 is 10.6 Å². The average molecular weight is 316 g/mol. The molecular formula is C15H28N2O3S. The van der Waals surface area contributed by atoms with E-state index >= 15 is 0 Å². The highest BCUT2D eigenvalue weighted by Gasteiger charge is 2.15. The monoisotopic (exact) mass is 316 g/mol. The molecule has 0 aromatic carbocycles. The van der Waals surface area contributed by atoms with Crippen LogP contribution in [0.1, 0.15) is 51.9 Å². The number of carbonyl (C=O) groups excluding carboxylic acids is 1. The number of urea groups is 1. The van der Waals surface area contributed by atoms with E-state index in [1.165, 1.54) is 25.0 Å². The maximum absolute atomic E-state index is 11.7. The van der Waals surface area contributed by atoms with Gasteiger partial charge in [0, 0.05) is 24.8 Å². The zero-order valence-corrected chi connectivity index (χ0v) is 13.7. The molecule has 1 aliphatic heterocycles. The van der Waals surface area contributed by atoms with Crippen LogP contribution >= 0.6 is 11.8 Å². The maximum Gasteiger partial charge on any atom is 0.314 e. The molecule has 1 saturated heterocycles. The van der Waals surface area contributed by atoms with E-state index in [4.69, 9.17) is 5.11 Å². The smallest absolute Gasteiger partial charge is 0.314 e. The summed E-state index contributed by atoms with van der Waals surface area (Å²) in [6.07, 6.45) is 6.45. The molecule has 21 heavy (non-hydrogen) atoms. The summed E-state index contributed by atoms with van der Waals surface area (Å²) in [5.74, 6) is 0.829. The summed E-state index contributed by atoms with van der Waals surface area (Å²) in [5, 5.41) is 15.0. The van der Waals surface area contributed by atoms with Crippen LogP contribution in [0.3, 0.4) is 0 Å². The molecule has 5 nitrogen and oxygen atoms in total. The lowest BCUT2D eigenvalue weighted by Crippen LogP contribution is -2.40. The summed E-state index contributed by atoms with van der Waals surface area (Å²) in [6, 6.07) is -0.103. The van der Waals surface area contributed by atoms with E-state index in [0.717, 1.165) is 19.4 Å². The minimum atomic E-state index is -0.746. The third-order valence-electron chi connectivity index (χ3n) is 3.95. The van der Waals surface area contributed by atoms with E-state index in [2.05, 4.69) is 17.6 Å². The number of carboxylic acids is 1. The normalized spacial score (nSPS) is 19.8. The topological polar surface area (TPSA) is 78.4 Å². The number of aliphatic carboxylic acids is 1. The van der Waals surface area contributed by atoms with Crippen molar-refractivity contribution in [3.63, 3.8) is 0 Å². The maximum atomic E-state index is 11.7. The first-order chi connectivity index (χ1) is 10.1. The van der Waals surface area contributed by atoms with Gasteiger partial charge in [0.15, 0.2) is 0 Å². The Morgan fingerprint density at radius 1 is 1.29 bits per heavy atom. The molecule has 1 heterocycles. The minimum absolute atomic E-state index is 0.103. The lowest BCUT2D eigenvalue weighted by molar-refractivity contribution is -0.137. The van der Waals surface area contributed by atoms with Crippen LogP contribution in [0.5, 0.6) is 0 Å². The van der Waals surface area contributed by atoms with E-state index in [0.29, 0.717) is 24.1 Å². The molecule has 0 aromatic heterocycles. The number of hydrogen-bond acceptors (Lipinski definition) is 3. The molecule has 1 fully saturated rings. The molecule has 0 bridgehead atoms. The fourth-order valence-electron chi connectivity index (χ4n) is 2.51. The molecule has 122 valence electrons. The van der Waals surface area contributed by atoms with Gasteiger partial charge in [-0.2, -0.15) is 11.8 Å². The molecular weight excluding hydrogens is 288 g/mol. The first-order valence-electron chi connectivity index (χ1n) is 7.97. The predicted octanol–water partition coefficient (Wildman–Crippen LogP) is 2.85. The van der Waals surface area contributed by atoms with Gasteiger partial charge in [-0.3, -0.25) is 4.79 Å². The first kappa shape index (κ1) is 18.1. The number of carbonyl (C=O) groups is 2. The molecule has 6 heteroatoms. The summed E-state index contributed by atoms with van der Waals surface area (Å²) in [5.41, 5.74) is 0. The highest BCUT2D eigenvalue weighted by molar-refractivity contribution is 7.99. The van der Waals surface area contributed by atoms with Gasteiger partial charge in [-0.05, 0) is 37.4 Å². The van der Waals surface area contributed by atoms with E-state index in [-0.39, 0.29) is 12.5 Å². The van der Waals surface area contributed by atoms with Crippen molar-refractivity contribution in [2.45, 2.75) is 57.1 Å². The Kier molecular flexibility index (Phi) is 9.30. The van der Waals surface area contributed by atoms with Crippen molar-refractivity contribution in [1.29, 1.82) is 0 Å². The molecule has 0 spiro atoms. The fraction of sp³-hybridized carbons (Fsp3) is 0.867. The van der Waals surface area contributed by atoms with Crippen LogP contribution in [0.25, 0.3) is 0 Å². The van der Waals surface area contributed by atoms with Crippen molar-refractivity contribution < 1.29 is 14.7 Å². The largest absolute Gasteiger partial charge is 0.481 e. The van der Waals surface area contributed by atoms with Crippen molar-refractivity contribution in [3.05, 3.63) is 0 Å². The molecule has 2 unspecified atom stereocenters. The number of amides is 2. The number of rotatable bonds is 9. The van der Waals surface area contributed by atoms with Crippen LogP contribution in [0.4, 0.5) is 4.79 Å². The van der Waals surface area contributed by atoms with Gasteiger partial charge >= 0.3 is 12.0 Å². The standard InChI is InChI=1S/C15H28N2O3S/c1-2-12(6-7-14(18)19)8-9-16-15(20)17-11-13-5-3-4-10-21-13/h12-13H,2-11H2,1H3,(H,18,19)(H2,16,17,20). The van der Waals surface area contributed by atoms with Gasteiger partial charge in [0.05, 0.1) is 0 Å². The van der Waals surface area contributed by atoms with Crippen molar-refractivity contribution in [2.24, 2.45) is 5.92 Å². The molecule has 1 rings (SSSR count). The lowest BCUT2D eigenvalue weighted by Gasteiger charge is -2.21. The SMILES string of the molecule is CCC(CCNC(=O)NCC1CCCCS1)CCC(=O)O. The molecule has 0 radical (unpaired) electrons. The summed E-state index contributed by atoms with van der Waals surface area (Å²) in [6.45, 7) is 3.42. The molecule has 0 aromatic rings. The van der Waals surface area contributed by atoms with Crippen LogP contribution in [0, 0.1) is 5.92 Å². The zero-order valence-electron chi connectivity index (χ0n) is 12.9. The Morgan fingerprint density at radius 3 is 2.71 bits per heavy atom. The van der Waals surface area contributed by atoms with Crippen LogP contribution in [-0.4, -0.2) is 41.2 Å². The molecule has 3 N–H and O–H groups in total. The van der Waals surface area contributed by atoms with Gasteiger partial charge in [0.1, 0.15) is 0 Å². The van der Waals surface area contributed by atoms with Gasteiger partial charge in [-0.25, -0.2) is 4.79 Å². The minimum Gasteiger partial charge on any atom is -0.481 e. The lowest BCUT2D eigenvalue weighted by atomic mass is 9.97. The van der Waals surface area contributed by atoms with Crippen molar-refractivity contribution in [1.82, 2.24) is 10.6 Å². The first-order valence-corrected chi connectivity index (χ1v) is 9.01. The van der Waals surface area contributed by atoms with E-state index in [9.17, 15) is 9.59 Å². The van der Waals surface area contributed by atoms with E-state index in [1.807, 2.05) is 11.8 Å². The molecule has 0 saturated carbocycles. The van der Waals surface area contributed by atoms with Crippen LogP contribution in [0.15, 0.2) is 0 Å². The van der Waals surface area contributed by atoms with Gasteiger partial charge < -0.3 is 15.7 Å². The Bertz CT molecular complexity index is 320. The van der Waals surface area contributed by atoms with E-state index in [1.54, 1.807) is 0 Å². The molecule has 2 amide bonds. The summed E-state index contributed by atoms with van der Waals surface area (Å²) < 4.78 is 0. The quantitative estimate of drug-likeness (QED) is 0.611. The van der Waals surface area contributed by atoms with Crippen molar-refractivity contribution in [2.75, 3.05) is 18.8 Å². The highest BCUT2D eigenvalue weighted by atomic mass is 32.2. The second kappa shape index (κ2) is 10.8. The number of thioether (sulfide) groups is 1. The van der Waals surface area contributed by atoms with Crippen molar-refractivity contribution >= 4 is 23.8 Å². The molecule has 2 atom stereocenters. The van der Waals surface area contributed by atoms with E-state index < -0.39 is 5.97 Å².